The SMILES string of the molecule is Cc1ccc(C(C)N2CCC(=O)NC(C)(C)C2=O)s1. The summed E-state index contributed by atoms with van der Waals surface area (Å²) in [5.74, 6) is -0.0766. The van der Waals surface area contributed by atoms with Crippen LogP contribution < -0.4 is 5.32 Å². The number of hydrogen-bond acceptors (Lipinski definition) is 3. The first-order valence-corrected chi connectivity index (χ1v) is 7.31. The minimum absolute atomic E-state index is 0.0122. The zero-order chi connectivity index (χ0) is 14.2. The van der Waals surface area contributed by atoms with Crippen LogP contribution in [0.25, 0.3) is 0 Å². The lowest BCUT2D eigenvalue weighted by atomic mass is 10.0. The van der Waals surface area contributed by atoms with Gasteiger partial charge in [-0.1, -0.05) is 0 Å². The highest BCUT2D eigenvalue weighted by Gasteiger charge is 2.38. The Labute approximate surface area is 117 Å². The van der Waals surface area contributed by atoms with E-state index in [1.165, 1.54) is 4.88 Å². The third-order valence-electron chi connectivity index (χ3n) is 3.47. The Balaban J connectivity index is 2.27. The van der Waals surface area contributed by atoms with E-state index in [1.807, 2.05) is 11.8 Å². The molecular formula is C14H20N2O2S. The molecular weight excluding hydrogens is 260 g/mol. The molecule has 1 unspecified atom stereocenters. The average molecular weight is 280 g/mol. The van der Waals surface area contributed by atoms with Crippen LogP contribution in [-0.4, -0.2) is 28.8 Å². The molecule has 0 aromatic carbocycles. The first kappa shape index (κ1) is 14.1. The maximum atomic E-state index is 12.6. The third kappa shape index (κ3) is 2.81. The van der Waals surface area contributed by atoms with Crippen molar-refractivity contribution >= 4 is 23.2 Å². The van der Waals surface area contributed by atoms with E-state index in [-0.39, 0.29) is 17.9 Å². The summed E-state index contributed by atoms with van der Waals surface area (Å²) in [5, 5.41) is 2.78. The van der Waals surface area contributed by atoms with E-state index in [0.717, 1.165) is 4.88 Å². The molecule has 0 spiro atoms. The standard InChI is InChI=1S/C14H20N2O2S/c1-9-5-6-11(19-9)10(2)16-8-7-12(17)15-14(3,4)13(16)18/h5-6,10H,7-8H2,1-4H3,(H,15,17). The maximum absolute atomic E-state index is 12.6. The van der Waals surface area contributed by atoms with Crippen molar-refractivity contribution in [2.45, 2.75) is 45.7 Å². The number of amides is 2. The van der Waals surface area contributed by atoms with Gasteiger partial charge >= 0.3 is 0 Å². The number of nitrogens with one attached hydrogen (secondary N) is 1. The summed E-state index contributed by atoms with van der Waals surface area (Å²) in [5.41, 5.74) is -0.825. The first-order chi connectivity index (χ1) is 8.81. The van der Waals surface area contributed by atoms with Crippen molar-refractivity contribution in [1.82, 2.24) is 10.2 Å². The van der Waals surface area contributed by atoms with E-state index in [9.17, 15) is 9.59 Å². The Morgan fingerprint density at radius 2 is 2.05 bits per heavy atom. The summed E-state index contributed by atoms with van der Waals surface area (Å²) in [6.45, 7) is 8.08. The Kier molecular flexibility index (Phi) is 3.67. The number of thiophene rings is 1. The summed E-state index contributed by atoms with van der Waals surface area (Å²) in [6, 6.07) is 4.14. The molecule has 1 saturated heterocycles. The van der Waals surface area contributed by atoms with Gasteiger partial charge in [0.05, 0.1) is 6.04 Å². The molecule has 104 valence electrons. The molecule has 2 heterocycles. The molecule has 5 heteroatoms. The van der Waals surface area contributed by atoms with Crippen LogP contribution in [-0.2, 0) is 9.59 Å². The molecule has 0 radical (unpaired) electrons. The van der Waals surface area contributed by atoms with E-state index in [1.54, 1.807) is 25.2 Å². The van der Waals surface area contributed by atoms with Crippen LogP contribution in [0.3, 0.4) is 0 Å². The number of rotatable bonds is 2. The fraction of sp³-hybridized carbons (Fsp3) is 0.571. The van der Waals surface area contributed by atoms with Gasteiger partial charge in [-0.2, -0.15) is 0 Å². The molecule has 1 aromatic rings. The van der Waals surface area contributed by atoms with Gasteiger partial charge < -0.3 is 10.2 Å². The summed E-state index contributed by atoms with van der Waals surface area (Å²) in [7, 11) is 0. The topological polar surface area (TPSA) is 49.4 Å². The van der Waals surface area contributed by atoms with E-state index in [4.69, 9.17) is 0 Å². The smallest absolute Gasteiger partial charge is 0.248 e. The Morgan fingerprint density at radius 3 is 2.63 bits per heavy atom. The molecule has 1 atom stereocenters. The van der Waals surface area contributed by atoms with Gasteiger partial charge in [0.25, 0.3) is 0 Å². The predicted octanol–water partition coefficient (Wildman–Crippen LogP) is 2.24. The maximum Gasteiger partial charge on any atom is 0.248 e. The van der Waals surface area contributed by atoms with Crippen molar-refractivity contribution in [2.24, 2.45) is 0 Å². The second-order valence-corrected chi connectivity index (χ2v) is 6.87. The quantitative estimate of drug-likeness (QED) is 0.903. The van der Waals surface area contributed by atoms with Crippen LogP contribution in [0.4, 0.5) is 0 Å². The van der Waals surface area contributed by atoms with Crippen LogP contribution in [0.2, 0.25) is 0 Å². The molecule has 1 aliphatic heterocycles. The average Bonchev–Trinajstić information content (AvgIpc) is 2.70. The molecule has 1 fully saturated rings. The highest BCUT2D eigenvalue weighted by Crippen LogP contribution is 2.29. The van der Waals surface area contributed by atoms with Crippen molar-refractivity contribution < 1.29 is 9.59 Å². The highest BCUT2D eigenvalue weighted by atomic mass is 32.1. The van der Waals surface area contributed by atoms with Gasteiger partial charge in [-0.3, -0.25) is 9.59 Å². The van der Waals surface area contributed by atoms with Gasteiger partial charge in [-0.25, -0.2) is 0 Å². The number of carbonyl (C=O) groups is 2. The molecule has 2 amide bonds. The van der Waals surface area contributed by atoms with Crippen molar-refractivity contribution in [3.63, 3.8) is 0 Å². The lowest BCUT2D eigenvalue weighted by Gasteiger charge is -2.32. The summed E-state index contributed by atoms with van der Waals surface area (Å²) in [6.07, 6.45) is 0.365. The molecule has 1 N–H and O–H groups in total. The summed E-state index contributed by atoms with van der Waals surface area (Å²) < 4.78 is 0. The molecule has 2 rings (SSSR count). The number of carbonyl (C=O) groups excluding carboxylic acids is 2. The Hall–Kier alpha value is -1.36. The summed E-state index contributed by atoms with van der Waals surface area (Å²) in [4.78, 5) is 28.4. The zero-order valence-corrected chi connectivity index (χ0v) is 12.6. The molecule has 0 saturated carbocycles. The van der Waals surface area contributed by atoms with Gasteiger partial charge in [0, 0.05) is 22.7 Å². The summed E-state index contributed by atoms with van der Waals surface area (Å²) >= 11 is 1.70. The van der Waals surface area contributed by atoms with E-state index < -0.39 is 5.54 Å². The second-order valence-electron chi connectivity index (χ2n) is 5.55. The Bertz CT molecular complexity index is 507. The molecule has 0 aliphatic carbocycles. The van der Waals surface area contributed by atoms with Gasteiger partial charge in [0.1, 0.15) is 5.54 Å². The molecule has 19 heavy (non-hydrogen) atoms. The molecule has 0 bridgehead atoms. The number of aryl methyl sites for hydroxylation is 1. The largest absolute Gasteiger partial charge is 0.342 e. The number of hydrogen-bond donors (Lipinski definition) is 1. The number of nitrogens with zero attached hydrogens (tertiary/aromatic N) is 1. The van der Waals surface area contributed by atoms with E-state index >= 15 is 0 Å². The molecule has 4 nitrogen and oxygen atoms in total. The van der Waals surface area contributed by atoms with Crippen LogP contribution in [0, 0.1) is 6.92 Å². The van der Waals surface area contributed by atoms with Gasteiger partial charge in [-0.15, -0.1) is 11.3 Å². The van der Waals surface area contributed by atoms with Crippen LogP contribution >= 0.6 is 11.3 Å². The monoisotopic (exact) mass is 280 g/mol. The fourth-order valence-corrected chi connectivity index (χ4v) is 3.29. The van der Waals surface area contributed by atoms with Crippen molar-refractivity contribution in [2.75, 3.05) is 6.54 Å². The second kappa shape index (κ2) is 4.96. The first-order valence-electron chi connectivity index (χ1n) is 6.49. The minimum Gasteiger partial charge on any atom is -0.342 e. The van der Waals surface area contributed by atoms with Crippen molar-refractivity contribution in [1.29, 1.82) is 0 Å². The lowest BCUT2D eigenvalue weighted by molar-refractivity contribution is -0.139. The van der Waals surface area contributed by atoms with Crippen LogP contribution in [0.15, 0.2) is 12.1 Å². The van der Waals surface area contributed by atoms with Gasteiger partial charge in [-0.05, 0) is 39.8 Å². The minimum atomic E-state index is -0.825. The van der Waals surface area contributed by atoms with Gasteiger partial charge in [0.2, 0.25) is 11.8 Å². The van der Waals surface area contributed by atoms with Gasteiger partial charge in [0.15, 0.2) is 0 Å². The predicted molar refractivity (Wildman–Crippen MR) is 76.0 cm³/mol. The molecule has 1 aliphatic rings. The van der Waals surface area contributed by atoms with E-state index in [0.29, 0.717) is 13.0 Å². The third-order valence-corrected chi connectivity index (χ3v) is 4.64. The van der Waals surface area contributed by atoms with Crippen LogP contribution in [0.5, 0.6) is 0 Å². The van der Waals surface area contributed by atoms with Crippen LogP contribution in [0.1, 0.15) is 43.0 Å². The van der Waals surface area contributed by atoms with E-state index in [2.05, 4.69) is 24.4 Å². The van der Waals surface area contributed by atoms with Crippen molar-refractivity contribution in [3.8, 4) is 0 Å². The molecule has 1 aromatic heterocycles. The normalized spacial score (nSPS) is 20.9. The fourth-order valence-electron chi connectivity index (χ4n) is 2.35. The Morgan fingerprint density at radius 1 is 1.37 bits per heavy atom. The highest BCUT2D eigenvalue weighted by molar-refractivity contribution is 7.12. The zero-order valence-electron chi connectivity index (χ0n) is 11.8. The lowest BCUT2D eigenvalue weighted by Crippen LogP contribution is -2.53. The van der Waals surface area contributed by atoms with Crippen molar-refractivity contribution in [3.05, 3.63) is 21.9 Å².